The lowest BCUT2D eigenvalue weighted by molar-refractivity contribution is 0.626. The lowest BCUT2D eigenvalue weighted by atomic mass is 10.0. The lowest BCUT2D eigenvalue weighted by Gasteiger charge is -2.17. The molecule has 0 saturated heterocycles. The Morgan fingerprint density at radius 3 is 2.50 bits per heavy atom. The molecule has 5 aromatic rings. The van der Waals surface area contributed by atoms with Gasteiger partial charge < -0.3 is 4.57 Å². The Bertz CT molecular complexity index is 1420. The fourth-order valence-corrected chi connectivity index (χ4v) is 6.02. The number of fused-ring (bicyclic) bond motifs is 1. The summed E-state index contributed by atoms with van der Waals surface area (Å²) in [7, 11) is 2.07. The molecule has 32 heavy (non-hydrogen) atoms. The van der Waals surface area contributed by atoms with Crippen molar-refractivity contribution < 1.29 is 4.39 Å². The molecular weight excluding hydrogens is 439 g/mol. The molecule has 2 aromatic carbocycles. The lowest BCUT2D eigenvalue weighted by Crippen LogP contribution is -2.06. The highest BCUT2D eigenvalue weighted by molar-refractivity contribution is 7.98. The van der Waals surface area contributed by atoms with Crippen molar-refractivity contribution in [1.82, 2.24) is 19.3 Å². The van der Waals surface area contributed by atoms with Crippen molar-refractivity contribution in [3.63, 3.8) is 0 Å². The van der Waals surface area contributed by atoms with Gasteiger partial charge in [-0.15, -0.1) is 21.5 Å². The number of thiophene rings is 1. The molecule has 7 heteroatoms. The smallest absolute Gasteiger partial charge is 0.196 e. The quantitative estimate of drug-likeness (QED) is 0.268. The second-order valence-electron chi connectivity index (χ2n) is 8.07. The molecule has 0 amide bonds. The zero-order chi connectivity index (χ0) is 22.4. The van der Waals surface area contributed by atoms with Crippen LogP contribution in [-0.2, 0) is 12.8 Å². The molecular formula is C25H23FN4S2. The topological polar surface area (TPSA) is 35.6 Å². The molecule has 0 aliphatic carbocycles. The van der Waals surface area contributed by atoms with Gasteiger partial charge in [0, 0.05) is 12.8 Å². The standard InChI is InChI=1S/C25H23FN4S2/c1-15-10-16(2)23(17(3)11-15)30-24(21-13-22-20(29(21)4)8-9-31-22)27-28-25(30)32-14-18-6-5-7-19(26)12-18/h5-13H,14H2,1-4H3. The second-order valence-corrected chi connectivity index (χ2v) is 9.96. The number of hydrogen-bond donors (Lipinski definition) is 0. The molecule has 0 N–H and O–H groups in total. The first-order valence-corrected chi connectivity index (χ1v) is 12.2. The van der Waals surface area contributed by atoms with E-state index in [4.69, 9.17) is 0 Å². The van der Waals surface area contributed by atoms with Crippen LogP contribution in [0.5, 0.6) is 0 Å². The highest BCUT2D eigenvalue weighted by Gasteiger charge is 2.22. The first kappa shape index (κ1) is 21.0. The van der Waals surface area contributed by atoms with Crippen LogP contribution in [0.3, 0.4) is 0 Å². The van der Waals surface area contributed by atoms with Crippen LogP contribution in [0, 0.1) is 26.6 Å². The van der Waals surface area contributed by atoms with Crippen LogP contribution in [0.2, 0.25) is 0 Å². The first-order valence-electron chi connectivity index (χ1n) is 10.4. The summed E-state index contributed by atoms with van der Waals surface area (Å²) in [5, 5.41) is 12.1. The predicted octanol–water partition coefficient (Wildman–Crippen LogP) is 6.84. The van der Waals surface area contributed by atoms with Crippen LogP contribution < -0.4 is 0 Å². The highest BCUT2D eigenvalue weighted by atomic mass is 32.2. The van der Waals surface area contributed by atoms with E-state index in [9.17, 15) is 4.39 Å². The molecule has 3 heterocycles. The average molecular weight is 463 g/mol. The zero-order valence-electron chi connectivity index (χ0n) is 18.4. The van der Waals surface area contributed by atoms with Gasteiger partial charge in [0.15, 0.2) is 11.0 Å². The van der Waals surface area contributed by atoms with Crippen molar-refractivity contribution in [3.8, 4) is 17.2 Å². The molecule has 0 spiro atoms. The Balaban J connectivity index is 1.66. The van der Waals surface area contributed by atoms with E-state index in [1.165, 1.54) is 33.0 Å². The summed E-state index contributed by atoms with van der Waals surface area (Å²) in [5.74, 6) is 1.20. The van der Waals surface area contributed by atoms with Crippen LogP contribution >= 0.6 is 23.1 Å². The van der Waals surface area contributed by atoms with Gasteiger partial charge in [-0.2, -0.15) is 0 Å². The van der Waals surface area contributed by atoms with Gasteiger partial charge in [-0.25, -0.2) is 4.39 Å². The molecule has 4 nitrogen and oxygen atoms in total. The second kappa shape index (κ2) is 8.22. The van der Waals surface area contributed by atoms with Crippen molar-refractivity contribution in [2.24, 2.45) is 7.05 Å². The fourth-order valence-electron chi connectivity index (χ4n) is 4.30. The minimum atomic E-state index is -0.223. The summed E-state index contributed by atoms with van der Waals surface area (Å²) in [5.41, 5.74) is 7.80. The summed E-state index contributed by atoms with van der Waals surface area (Å²) in [6.07, 6.45) is 0. The van der Waals surface area contributed by atoms with E-state index in [2.05, 4.69) is 76.8 Å². The molecule has 0 aliphatic rings. The number of benzene rings is 2. The van der Waals surface area contributed by atoms with Crippen molar-refractivity contribution >= 4 is 33.3 Å². The number of hydrogen-bond acceptors (Lipinski definition) is 4. The molecule has 3 aromatic heterocycles. The Morgan fingerprint density at radius 1 is 1.00 bits per heavy atom. The van der Waals surface area contributed by atoms with Crippen LogP contribution in [0.1, 0.15) is 22.3 Å². The van der Waals surface area contributed by atoms with Crippen LogP contribution in [-0.4, -0.2) is 19.3 Å². The normalized spacial score (nSPS) is 11.5. The molecule has 0 fully saturated rings. The summed E-state index contributed by atoms with van der Waals surface area (Å²) < 4.78 is 19.2. The van der Waals surface area contributed by atoms with E-state index >= 15 is 0 Å². The van der Waals surface area contributed by atoms with E-state index in [1.807, 2.05) is 6.07 Å². The third-order valence-corrected chi connectivity index (χ3v) is 7.50. The average Bonchev–Trinajstić information content (AvgIpc) is 3.43. The van der Waals surface area contributed by atoms with Gasteiger partial charge in [0.1, 0.15) is 5.82 Å². The Morgan fingerprint density at radius 2 is 1.78 bits per heavy atom. The van der Waals surface area contributed by atoms with E-state index in [1.54, 1.807) is 35.2 Å². The largest absolute Gasteiger partial charge is 0.340 e. The minimum Gasteiger partial charge on any atom is -0.340 e. The van der Waals surface area contributed by atoms with Gasteiger partial charge in [0.05, 0.1) is 21.6 Å². The van der Waals surface area contributed by atoms with Crippen molar-refractivity contribution in [2.75, 3.05) is 0 Å². The molecule has 5 rings (SSSR count). The fraction of sp³-hybridized carbons (Fsp3) is 0.200. The van der Waals surface area contributed by atoms with Crippen LogP contribution in [0.25, 0.3) is 27.4 Å². The first-order chi connectivity index (χ1) is 15.4. The molecule has 0 bridgehead atoms. The maximum atomic E-state index is 13.7. The number of halogens is 1. The third kappa shape index (κ3) is 3.65. The van der Waals surface area contributed by atoms with Crippen molar-refractivity contribution in [3.05, 3.63) is 82.0 Å². The van der Waals surface area contributed by atoms with Gasteiger partial charge >= 0.3 is 0 Å². The number of aromatic nitrogens is 4. The van der Waals surface area contributed by atoms with E-state index in [-0.39, 0.29) is 5.82 Å². The van der Waals surface area contributed by atoms with Crippen molar-refractivity contribution in [2.45, 2.75) is 31.7 Å². The molecule has 162 valence electrons. The van der Waals surface area contributed by atoms with Gasteiger partial charge in [-0.3, -0.25) is 4.57 Å². The van der Waals surface area contributed by atoms with E-state index in [0.717, 1.165) is 27.9 Å². The Hall–Kier alpha value is -2.90. The Labute approximate surface area is 194 Å². The van der Waals surface area contributed by atoms with E-state index < -0.39 is 0 Å². The number of rotatable bonds is 5. The summed E-state index contributed by atoms with van der Waals surface area (Å²) >= 11 is 3.30. The van der Waals surface area contributed by atoms with Gasteiger partial charge in [-0.1, -0.05) is 41.6 Å². The summed E-state index contributed by atoms with van der Waals surface area (Å²) in [6, 6.07) is 15.4. The molecule has 0 saturated carbocycles. The summed E-state index contributed by atoms with van der Waals surface area (Å²) in [4.78, 5) is 0. The molecule has 0 aliphatic heterocycles. The maximum Gasteiger partial charge on any atom is 0.196 e. The maximum absolute atomic E-state index is 13.7. The number of aryl methyl sites for hydroxylation is 4. The molecule has 0 radical (unpaired) electrons. The summed E-state index contributed by atoms with van der Waals surface area (Å²) in [6.45, 7) is 6.37. The third-order valence-electron chi connectivity index (χ3n) is 5.64. The Kier molecular flexibility index (Phi) is 5.39. The van der Waals surface area contributed by atoms with Gasteiger partial charge in [-0.05, 0) is 67.1 Å². The van der Waals surface area contributed by atoms with E-state index in [0.29, 0.717) is 5.75 Å². The van der Waals surface area contributed by atoms with Gasteiger partial charge in [0.25, 0.3) is 0 Å². The zero-order valence-corrected chi connectivity index (χ0v) is 20.0. The SMILES string of the molecule is Cc1cc(C)c(-n2c(SCc3cccc(F)c3)nnc2-c2cc3sccc3n2C)c(C)c1. The highest BCUT2D eigenvalue weighted by Crippen LogP contribution is 2.36. The minimum absolute atomic E-state index is 0.223. The monoisotopic (exact) mass is 462 g/mol. The number of thioether (sulfide) groups is 1. The number of nitrogens with zero attached hydrogens (tertiary/aromatic N) is 4. The van der Waals surface area contributed by atoms with Crippen LogP contribution in [0.4, 0.5) is 4.39 Å². The molecule has 0 unspecified atom stereocenters. The van der Waals surface area contributed by atoms with Gasteiger partial charge in [0.2, 0.25) is 0 Å². The molecule has 0 atom stereocenters. The predicted molar refractivity (Wildman–Crippen MR) is 131 cm³/mol. The van der Waals surface area contributed by atoms with Crippen LogP contribution in [0.15, 0.2) is 59.1 Å². The van der Waals surface area contributed by atoms with Crippen molar-refractivity contribution in [1.29, 1.82) is 0 Å².